The van der Waals surface area contributed by atoms with Gasteiger partial charge in [-0.3, -0.25) is 0 Å². The maximum Gasteiger partial charge on any atom is 0.295 e. The van der Waals surface area contributed by atoms with Crippen LogP contribution in [0.1, 0.15) is 26.7 Å². The van der Waals surface area contributed by atoms with E-state index in [1.165, 1.54) is 6.42 Å². The summed E-state index contributed by atoms with van der Waals surface area (Å²) < 4.78 is 5.55. The van der Waals surface area contributed by atoms with Crippen molar-refractivity contribution < 1.29 is 4.42 Å². The summed E-state index contributed by atoms with van der Waals surface area (Å²) in [5, 5.41) is 3.19. The summed E-state index contributed by atoms with van der Waals surface area (Å²) in [4.78, 5) is 4.33. The predicted molar refractivity (Wildman–Crippen MR) is 71.0 cm³/mol. The summed E-state index contributed by atoms with van der Waals surface area (Å²) in [6.07, 6.45) is 2.33. The van der Waals surface area contributed by atoms with Crippen LogP contribution in [0.3, 0.4) is 0 Å². The third kappa shape index (κ3) is 3.12. The van der Waals surface area contributed by atoms with Crippen LogP contribution in [0, 0.1) is 5.92 Å². The molecule has 4 nitrogen and oxygen atoms in total. The second-order valence-corrected chi connectivity index (χ2v) is 4.71. The maximum atomic E-state index is 5.69. The molecule has 0 aliphatic rings. The van der Waals surface area contributed by atoms with Crippen LogP contribution in [-0.4, -0.2) is 11.5 Å². The van der Waals surface area contributed by atoms with Gasteiger partial charge >= 0.3 is 0 Å². The van der Waals surface area contributed by atoms with Crippen molar-refractivity contribution in [2.45, 2.75) is 26.7 Å². The molecule has 2 aromatic rings. The molecular formula is C13H19N3O. The molecule has 0 aliphatic carbocycles. The summed E-state index contributed by atoms with van der Waals surface area (Å²) in [6, 6.07) is 6.06. The number of benzene rings is 1. The Morgan fingerprint density at radius 1 is 1.41 bits per heavy atom. The third-order valence-corrected chi connectivity index (χ3v) is 2.65. The first kappa shape index (κ1) is 11.8. The van der Waals surface area contributed by atoms with E-state index < -0.39 is 0 Å². The minimum absolute atomic E-state index is 0.578. The lowest BCUT2D eigenvalue weighted by atomic mass is 10.1. The van der Waals surface area contributed by atoms with Gasteiger partial charge in [0.1, 0.15) is 5.52 Å². The van der Waals surface area contributed by atoms with Gasteiger partial charge in [-0.15, -0.1) is 0 Å². The molecule has 0 bridgehead atoms. The molecule has 0 spiro atoms. The van der Waals surface area contributed by atoms with Crippen LogP contribution in [0.25, 0.3) is 11.1 Å². The minimum atomic E-state index is 0.578. The normalized spacial score (nSPS) is 11.2. The molecule has 0 aliphatic heterocycles. The number of nitrogens with zero attached hydrogens (tertiary/aromatic N) is 1. The van der Waals surface area contributed by atoms with Crippen LogP contribution in [0.4, 0.5) is 11.7 Å². The molecule has 3 N–H and O–H groups in total. The van der Waals surface area contributed by atoms with Crippen LogP contribution in [-0.2, 0) is 0 Å². The molecule has 0 radical (unpaired) electrons. The number of anilines is 2. The van der Waals surface area contributed by atoms with Crippen LogP contribution in [0.15, 0.2) is 22.6 Å². The fraction of sp³-hybridized carbons (Fsp3) is 0.462. The molecule has 0 amide bonds. The van der Waals surface area contributed by atoms with Gasteiger partial charge in [-0.1, -0.05) is 13.8 Å². The summed E-state index contributed by atoms with van der Waals surface area (Å²) in [6.45, 7) is 5.34. The van der Waals surface area contributed by atoms with E-state index in [2.05, 4.69) is 24.1 Å². The Hall–Kier alpha value is -1.71. The number of nitrogen functional groups attached to an aromatic ring is 1. The van der Waals surface area contributed by atoms with Crippen LogP contribution in [0.5, 0.6) is 0 Å². The molecular weight excluding hydrogens is 214 g/mol. The topological polar surface area (TPSA) is 64.1 Å². The average Bonchev–Trinajstić information content (AvgIpc) is 2.66. The second-order valence-electron chi connectivity index (χ2n) is 4.71. The Balaban J connectivity index is 1.95. The highest BCUT2D eigenvalue weighted by Gasteiger charge is 2.05. The van der Waals surface area contributed by atoms with E-state index in [-0.39, 0.29) is 0 Å². The lowest BCUT2D eigenvalue weighted by Gasteiger charge is -2.03. The Bertz CT molecular complexity index is 490. The monoisotopic (exact) mass is 233 g/mol. The van der Waals surface area contributed by atoms with Gasteiger partial charge in [0, 0.05) is 12.2 Å². The number of hydrogen-bond donors (Lipinski definition) is 2. The fourth-order valence-electron chi connectivity index (χ4n) is 1.73. The highest BCUT2D eigenvalue weighted by atomic mass is 16.4. The van der Waals surface area contributed by atoms with Crippen molar-refractivity contribution in [1.29, 1.82) is 0 Å². The number of fused-ring (bicyclic) bond motifs is 1. The van der Waals surface area contributed by atoms with Crippen LogP contribution in [0.2, 0.25) is 0 Å². The van der Waals surface area contributed by atoms with Crippen molar-refractivity contribution >= 4 is 22.8 Å². The Morgan fingerprint density at radius 3 is 3.00 bits per heavy atom. The van der Waals surface area contributed by atoms with Gasteiger partial charge in [0.05, 0.1) is 0 Å². The van der Waals surface area contributed by atoms with E-state index in [0.29, 0.717) is 11.7 Å². The second kappa shape index (κ2) is 5.08. The fourth-order valence-corrected chi connectivity index (χ4v) is 1.73. The molecule has 4 heteroatoms. The smallest absolute Gasteiger partial charge is 0.295 e. The molecule has 0 atom stereocenters. The standard InChI is InChI=1S/C13H19N3O/c1-9(2)4-3-7-15-13-16-11-8-10(14)5-6-12(11)17-13/h5-6,8-9H,3-4,7,14H2,1-2H3,(H,15,16). The minimum Gasteiger partial charge on any atom is -0.424 e. The van der Waals surface area contributed by atoms with Crippen LogP contribution < -0.4 is 11.1 Å². The van der Waals surface area contributed by atoms with E-state index in [1.54, 1.807) is 0 Å². The number of rotatable bonds is 5. The van der Waals surface area contributed by atoms with E-state index in [4.69, 9.17) is 10.2 Å². The van der Waals surface area contributed by atoms with Crippen molar-refractivity contribution in [2.75, 3.05) is 17.6 Å². The Labute approximate surface area is 101 Å². The van der Waals surface area contributed by atoms with Gasteiger partial charge in [-0.2, -0.15) is 4.98 Å². The van der Waals surface area contributed by atoms with Gasteiger partial charge in [-0.25, -0.2) is 0 Å². The highest BCUT2D eigenvalue weighted by molar-refractivity contribution is 5.78. The van der Waals surface area contributed by atoms with Gasteiger partial charge in [0.15, 0.2) is 5.58 Å². The van der Waals surface area contributed by atoms with Gasteiger partial charge in [-0.05, 0) is 37.0 Å². The average molecular weight is 233 g/mol. The molecule has 0 unspecified atom stereocenters. The zero-order valence-electron chi connectivity index (χ0n) is 10.4. The molecule has 17 heavy (non-hydrogen) atoms. The Morgan fingerprint density at radius 2 is 2.24 bits per heavy atom. The lowest BCUT2D eigenvalue weighted by Crippen LogP contribution is -2.02. The van der Waals surface area contributed by atoms with Crippen molar-refractivity contribution in [3.63, 3.8) is 0 Å². The number of nitrogens with one attached hydrogen (secondary N) is 1. The number of aromatic nitrogens is 1. The maximum absolute atomic E-state index is 5.69. The van der Waals surface area contributed by atoms with Gasteiger partial charge in [0.2, 0.25) is 0 Å². The number of hydrogen-bond acceptors (Lipinski definition) is 4. The first-order valence-electron chi connectivity index (χ1n) is 6.05. The largest absolute Gasteiger partial charge is 0.424 e. The summed E-state index contributed by atoms with van der Waals surface area (Å²) in [5.41, 5.74) is 7.96. The summed E-state index contributed by atoms with van der Waals surface area (Å²) >= 11 is 0. The molecule has 1 aromatic carbocycles. The third-order valence-electron chi connectivity index (χ3n) is 2.65. The lowest BCUT2D eigenvalue weighted by molar-refractivity contribution is 0.557. The first-order valence-corrected chi connectivity index (χ1v) is 6.05. The van der Waals surface area contributed by atoms with Crippen molar-refractivity contribution in [3.8, 4) is 0 Å². The van der Waals surface area contributed by atoms with Gasteiger partial charge in [0.25, 0.3) is 6.01 Å². The Kier molecular flexibility index (Phi) is 3.52. The molecule has 0 saturated heterocycles. The quantitative estimate of drug-likeness (QED) is 0.614. The molecule has 92 valence electrons. The van der Waals surface area contributed by atoms with E-state index >= 15 is 0 Å². The SMILES string of the molecule is CC(C)CCCNc1nc2cc(N)ccc2o1. The van der Waals surface area contributed by atoms with Crippen molar-refractivity contribution in [2.24, 2.45) is 5.92 Å². The predicted octanol–water partition coefficient (Wildman–Crippen LogP) is 3.26. The zero-order chi connectivity index (χ0) is 12.3. The number of oxazole rings is 1. The molecule has 0 fully saturated rings. The zero-order valence-corrected chi connectivity index (χ0v) is 10.4. The molecule has 1 aromatic heterocycles. The number of nitrogens with two attached hydrogens (primary N) is 1. The van der Waals surface area contributed by atoms with Gasteiger partial charge < -0.3 is 15.5 Å². The molecule has 1 heterocycles. The molecule has 0 saturated carbocycles. The molecule has 2 rings (SSSR count). The summed E-state index contributed by atoms with van der Waals surface area (Å²) in [7, 11) is 0. The van der Waals surface area contributed by atoms with Crippen molar-refractivity contribution in [3.05, 3.63) is 18.2 Å². The first-order chi connectivity index (χ1) is 8.15. The van der Waals surface area contributed by atoms with Crippen molar-refractivity contribution in [1.82, 2.24) is 4.98 Å². The highest BCUT2D eigenvalue weighted by Crippen LogP contribution is 2.20. The van der Waals surface area contributed by atoms with E-state index in [1.807, 2.05) is 18.2 Å². The van der Waals surface area contributed by atoms with E-state index in [0.717, 1.165) is 30.0 Å². The van der Waals surface area contributed by atoms with Crippen LogP contribution >= 0.6 is 0 Å². The van der Waals surface area contributed by atoms with E-state index in [9.17, 15) is 0 Å². The summed E-state index contributed by atoms with van der Waals surface area (Å²) in [5.74, 6) is 0.736.